The van der Waals surface area contributed by atoms with Crippen LogP contribution in [0.5, 0.6) is 0 Å². The van der Waals surface area contributed by atoms with Crippen molar-refractivity contribution in [1.82, 2.24) is 9.78 Å². The van der Waals surface area contributed by atoms with Crippen LogP contribution >= 0.6 is 12.6 Å². The first-order valence-electron chi connectivity index (χ1n) is 4.69. The number of aryl methyl sites for hydroxylation is 1. The molecule has 1 heterocycles. The third-order valence-electron chi connectivity index (χ3n) is 1.95. The molecule has 3 heteroatoms. The van der Waals surface area contributed by atoms with Crippen LogP contribution in [-0.2, 0) is 12.0 Å². The van der Waals surface area contributed by atoms with E-state index in [1.54, 1.807) is 0 Å². The van der Waals surface area contributed by atoms with E-state index in [-0.39, 0.29) is 5.54 Å². The standard InChI is InChI=1S/C10H18N2S/c1-10(2,3)12-8-9(7-11-12)5-4-6-13/h7-8,13H,4-6H2,1-3H3. The summed E-state index contributed by atoms with van der Waals surface area (Å²) in [6.45, 7) is 6.47. The average Bonchev–Trinajstić information content (AvgIpc) is 2.47. The molecule has 0 atom stereocenters. The van der Waals surface area contributed by atoms with E-state index in [4.69, 9.17) is 0 Å². The zero-order valence-corrected chi connectivity index (χ0v) is 9.51. The van der Waals surface area contributed by atoms with Crippen molar-refractivity contribution in [3.05, 3.63) is 18.0 Å². The molecule has 0 aliphatic carbocycles. The second-order valence-corrected chi connectivity index (χ2v) is 4.74. The summed E-state index contributed by atoms with van der Waals surface area (Å²) < 4.78 is 2.01. The second-order valence-electron chi connectivity index (χ2n) is 4.29. The molecule has 0 saturated carbocycles. The van der Waals surface area contributed by atoms with Crippen molar-refractivity contribution in [2.75, 3.05) is 5.75 Å². The molecule has 0 spiro atoms. The summed E-state index contributed by atoms with van der Waals surface area (Å²) in [6, 6.07) is 0. The number of nitrogens with zero attached hydrogens (tertiary/aromatic N) is 2. The van der Waals surface area contributed by atoms with Gasteiger partial charge in [-0.25, -0.2) is 0 Å². The van der Waals surface area contributed by atoms with Gasteiger partial charge in [0.1, 0.15) is 0 Å². The highest BCUT2D eigenvalue weighted by Crippen LogP contribution is 2.13. The van der Waals surface area contributed by atoms with Gasteiger partial charge in [-0.05, 0) is 44.9 Å². The quantitative estimate of drug-likeness (QED) is 0.739. The molecule has 1 aromatic heterocycles. The van der Waals surface area contributed by atoms with Gasteiger partial charge in [-0.1, -0.05) is 0 Å². The Morgan fingerprint density at radius 1 is 1.46 bits per heavy atom. The summed E-state index contributed by atoms with van der Waals surface area (Å²) in [6.07, 6.45) is 6.29. The van der Waals surface area contributed by atoms with Crippen LogP contribution in [-0.4, -0.2) is 15.5 Å². The van der Waals surface area contributed by atoms with Crippen LogP contribution in [0.4, 0.5) is 0 Å². The van der Waals surface area contributed by atoms with Gasteiger partial charge >= 0.3 is 0 Å². The number of rotatable bonds is 3. The van der Waals surface area contributed by atoms with Gasteiger partial charge in [0.15, 0.2) is 0 Å². The molecule has 0 amide bonds. The van der Waals surface area contributed by atoms with Crippen LogP contribution in [0.1, 0.15) is 32.8 Å². The van der Waals surface area contributed by atoms with Crippen molar-refractivity contribution in [3.63, 3.8) is 0 Å². The second kappa shape index (κ2) is 4.18. The van der Waals surface area contributed by atoms with Crippen LogP contribution in [0.3, 0.4) is 0 Å². The molecule has 0 unspecified atom stereocenters. The van der Waals surface area contributed by atoms with E-state index in [0.717, 1.165) is 18.6 Å². The van der Waals surface area contributed by atoms with E-state index in [1.807, 2.05) is 10.9 Å². The zero-order valence-electron chi connectivity index (χ0n) is 8.62. The zero-order chi connectivity index (χ0) is 9.90. The van der Waals surface area contributed by atoms with Crippen molar-refractivity contribution in [2.24, 2.45) is 0 Å². The lowest BCUT2D eigenvalue weighted by Crippen LogP contribution is -2.21. The first-order valence-corrected chi connectivity index (χ1v) is 5.32. The summed E-state index contributed by atoms with van der Waals surface area (Å²) >= 11 is 4.19. The van der Waals surface area contributed by atoms with E-state index in [1.165, 1.54) is 5.56 Å². The summed E-state index contributed by atoms with van der Waals surface area (Å²) in [4.78, 5) is 0. The summed E-state index contributed by atoms with van der Waals surface area (Å²) in [5, 5.41) is 4.33. The molecular weight excluding hydrogens is 180 g/mol. The topological polar surface area (TPSA) is 17.8 Å². The Labute approximate surface area is 85.7 Å². The maximum atomic E-state index is 4.33. The Hall–Kier alpha value is -0.440. The smallest absolute Gasteiger partial charge is 0.0543 e. The SMILES string of the molecule is CC(C)(C)n1cc(CCCS)cn1. The normalized spacial score (nSPS) is 12.0. The molecule has 0 N–H and O–H groups in total. The fourth-order valence-corrected chi connectivity index (χ4v) is 1.30. The molecule has 1 aromatic rings. The van der Waals surface area contributed by atoms with Crippen molar-refractivity contribution in [1.29, 1.82) is 0 Å². The number of aromatic nitrogens is 2. The predicted molar refractivity (Wildman–Crippen MR) is 59.4 cm³/mol. The van der Waals surface area contributed by atoms with Crippen LogP contribution in [0.2, 0.25) is 0 Å². The first kappa shape index (κ1) is 10.6. The van der Waals surface area contributed by atoms with E-state index in [0.29, 0.717) is 0 Å². The van der Waals surface area contributed by atoms with Gasteiger partial charge in [0.25, 0.3) is 0 Å². The summed E-state index contributed by atoms with van der Waals surface area (Å²) in [7, 11) is 0. The maximum absolute atomic E-state index is 4.33. The van der Waals surface area contributed by atoms with Crippen molar-refractivity contribution < 1.29 is 0 Å². The van der Waals surface area contributed by atoms with E-state index in [9.17, 15) is 0 Å². The molecule has 13 heavy (non-hydrogen) atoms. The minimum atomic E-state index is 0.0964. The number of hydrogen-bond acceptors (Lipinski definition) is 2. The van der Waals surface area contributed by atoms with Gasteiger partial charge in [-0.15, -0.1) is 0 Å². The lowest BCUT2D eigenvalue weighted by atomic mass is 10.1. The minimum absolute atomic E-state index is 0.0964. The van der Waals surface area contributed by atoms with Crippen LogP contribution < -0.4 is 0 Å². The Bertz CT molecular complexity index is 260. The molecule has 0 fully saturated rings. The van der Waals surface area contributed by atoms with E-state index < -0.39 is 0 Å². The van der Waals surface area contributed by atoms with Crippen molar-refractivity contribution >= 4 is 12.6 Å². The van der Waals surface area contributed by atoms with Crippen LogP contribution in [0, 0.1) is 0 Å². The third-order valence-corrected chi connectivity index (χ3v) is 2.26. The van der Waals surface area contributed by atoms with Gasteiger partial charge in [0.2, 0.25) is 0 Å². The van der Waals surface area contributed by atoms with Gasteiger partial charge < -0.3 is 0 Å². The van der Waals surface area contributed by atoms with Crippen molar-refractivity contribution in [2.45, 2.75) is 39.2 Å². The van der Waals surface area contributed by atoms with Gasteiger partial charge in [-0.2, -0.15) is 17.7 Å². The molecule has 1 rings (SSSR count). The van der Waals surface area contributed by atoms with Gasteiger partial charge in [-0.3, -0.25) is 4.68 Å². The third kappa shape index (κ3) is 3.07. The van der Waals surface area contributed by atoms with E-state index in [2.05, 4.69) is 44.7 Å². The average molecular weight is 198 g/mol. The van der Waals surface area contributed by atoms with E-state index >= 15 is 0 Å². The van der Waals surface area contributed by atoms with Crippen LogP contribution in [0.25, 0.3) is 0 Å². The molecule has 74 valence electrons. The predicted octanol–water partition coefficient (Wildman–Crippen LogP) is 2.50. The summed E-state index contributed by atoms with van der Waals surface area (Å²) in [5.41, 5.74) is 1.41. The molecule has 0 aliphatic heterocycles. The molecule has 0 bridgehead atoms. The molecule has 0 aromatic carbocycles. The Morgan fingerprint density at radius 3 is 2.62 bits per heavy atom. The lowest BCUT2D eigenvalue weighted by molar-refractivity contribution is 0.355. The number of hydrogen-bond donors (Lipinski definition) is 1. The highest BCUT2D eigenvalue weighted by Gasteiger charge is 2.13. The highest BCUT2D eigenvalue weighted by molar-refractivity contribution is 7.80. The monoisotopic (exact) mass is 198 g/mol. The first-order chi connectivity index (χ1) is 6.04. The fourth-order valence-electron chi connectivity index (χ4n) is 1.14. The minimum Gasteiger partial charge on any atom is -0.267 e. The Balaban J connectivity index is 2.64. The summed E-state index contributed by atoms with van der Waals surface area (Å²) in [5.74, 6) is 0.945. The lowest BCUT2D eigenvalue weighted by Gasteiger charge is -2.18. The maximum Gasteiger partial charge on any atom is 0.0543 e. The molecule has 0 aliphatic rings. The molecule has 2 nitrogen and oxygen atoms in total. The fraction of sp³-hybridized carbons (Fsp3) is 0.700. The molecule has 0 saturated heterocycles. The van der Waals surface area contributed by atoms with Crippen LogP contribution in [0.15, 0.2) is 12.4 Å². The number of thiol groups is 1. The van der Waals surface area contributed by atoms with Crippen molar-refractivity contribution in [3.8, 4) is 0 Å². The van der Waals surface area contributed by atoms with Gasteiger partial charge in [0, 0.05) is 6.20 Å². The Kier molecular flexibility index (Phi) is 3.42. The van der Waals surface area contributed by atoms with Gasteiger partial charge in [0.05, 0.1) is 11.7 Å². The molecular formula is C10H18N2S. The highest BCUT2D eigenvalue weighted by atomic mass is 32.1. The Morgan fingerprint density at radius 2 is 2.15 bits per heavy atom. The largest absolute Gasteiger partial charge is 0.267 e. The molecule has 0 radical (unpaired) electrons.